The molecule has 1 aromatic heterocycles. The van der Waals surface area contributed by atoms with Crippen molar-refractivity contribution in [3.8, 4) is 5.75 Å². The Morgan fingerprint density at radius 2 is 1.71 bits per heavy atom. The first-order chi connectivity index (χ1) is 14.7. The fourth-order valence-corrected chi connectivity index (χ4v) is 3.86. The van der Waals surface area contributed by atoms with E-state index in [1.54, 1.807) is 43.3 Å². The molecule has 2 aromatic carbocycles. The second-order valence-electron chi connectivity index (χ2n) is 8.09. The molecule has 0 spiro atoms. The van der Waals surface area contributed by atoms with Gasteiger partial charge in [0.05, 0.1) is 12.0 Å². The van der Waals surface area contributed by atoms with Crippen molar-refractivity contribution >= 4 is 39.9 Å². The Bertz CT molecular complexity index is 1210. The van der Waals surface area contributed by atoms with Crippen LogP contribution in [-0.4, -0.2) is 23.2 Å². The van der Waals surface area contributed by atoms with Crippen molar-refractivity contribution in [2.24, 2.45) is 0 Å². The highest BCUT2D eigenvalue weighted by atomic mass is 16.5. The van der Waals surface area contributed by atoms with Crippen LogP contribution in [0.1, 0.15) is 60.1 Å². The average Bonchev–Trinajstić information content (AvgIpc) is 3.05. The van der Waals surface area contributed by atoms with Gasteiger partial charge in [0.1, 0.15) is 16.9 Å². The van der Waals surface area contributed by atoms with Crippen molar-refractivity contribution < 1.29 is 23.5 Å². The molecule has 31 heavy (non-hydrogen) atoms. The predicted molar refractivity (Wildman–Crippen MR) is 118 cm³/mol. The van der Waals surface area contributed by atoms with Crippen LogP contribution in [0.15, 0.2) is 40.8 Å². The number of anilines is 2. The molecule has 0 fully saturated rings. The van der Waals surface area contributed by atoms with Crippen LogP contribution in [-0.2, 0) is 4.79 Å². The first-order valence-electron chi connectivity index (χ1n) is 10.2. The summed E-state index contributed by atoms with van der Waals surface area (Å²) in [6.45, 7) is 7.11. The number of hydrogen-bond donors (Lipinski definition) is 2. The number of ether oxygens (including phenoxy) is 1. The molecular weight excluding hydrogens is 396 g/mol. The number of amides is 2. The normalized spacial score (nSPS) is 17.7. The number of furan rings is 1. The van der Waals surface area contributed by atoms with Gasteiger partial charge in [-0.1, -0.05) is 6.92 Å². The van der Waals surface area contributed by atoms with Crippen molar-refractivity contribution in [1.82, 2.24) is 0 Å². The monoisotopic (exact) mass is 420 g/mol. The molecule has 0 saturated heterocycles. The number of rotatable bonds is 4. The number of Topliss-reactive ketones (excluding diaryl/α,β-unsaturated/α-hetero) is 1. The van der Waals surface area contributed by atoms with Gasteiger partial charge in [0.15, 0.2) is 11.5 Å². The highest BCUT2D eigenvalue weighted by molar-refractivity contribution is 6.14. The molecule has 1 aliphatic rings. The summed E-state index contributed by atoms with van der Waals surface area (Å²) in [5.74, 6) is 0.0668. The zero-order valence-electron chi connectivity index (χ0n) is 17.9. The number of fused-ring (bicyclic) bond motifs is 3. The number of benzene rings is 2. The van der Waals surface area contributed by atoms with Crippen LogP contribution >= 0.6 is 0 Å². The maximum absolute atomic E-state index is 13.0. The first kappa shape index (κ1) is 20.7. The Hall–Kier alpha value is -3.61. The zero-order chi connectivity index (χ0) is 22.3. The quantitative estimate of drug-likeness (QED) is 0.613. The summed E-state index contributed by atoms with van der Waals surface area (Å²) < 4.78 is 11.9. The Balaban J connectivity index is 1.66. The van der Waals surface area contributed by atoms with Crippen LogP contribution < -0.4 is 15.4 Å². The van der Waals surface area contributed by atoms with Crippen molar-refractivity contribution in [2.75, 3.05) is 10.6 Å². The third-order valence-corrected chi connectivity index (χ3v) is 5.64. The van der Waals surface area contributed by atoms with Crippen LogP contribution in [0.25, 0.3) is 11.0 Å². The summed E-state index contributed by atoms with van der Waals surface area (Å²) >= 11 is 0. The third kappa shape index (κ3) is 3.79. The maximum Gasteiger partial charge on any atom is 0.291 e. The van der Waals surface area contributed by atoms with Gasteiger partial charge in [-0.25, -0.2) is 0 Å². The molecule has 7 nitrogen and oxygen atoms in total. The second kappa shape index (κ2) is 7.58. The average molecular weight is 420 g/mol. The highest BCUT2D eigenvalue weighted by Crippen LogP contribution is 2.41. The molecule has 3 aromatic rings. The maximum atomic E-state index is 13.0. The van der Waals surface area contributed by atoms with E-state index in [1.165, 1.54) is 6.92 Å². The van der Waals surface area contributed by atoms with Crippen LogP contribution in [0.2, 0.25) is 0 Å². The molecule has 0 radical (unpaired) electrons. The number of carbonyl (C=O) groups excluding carboxylic acids is 3. The molecule has 0 bridgehead atoms. The van der Waals surface area contributed by atoms with E-state index >= 15 is 0 Å². The van der Waals surface area contributed by atoms with E-state index in [4.69, 9.17) is 9.15 Å². The fraction of sp³-hybridized carbons (Fsp3) is 0.292. The number of aryl methyl sites for hydroxylation is 1. The van der Waals surface area contributed by atoms with Crippen molar-refractivity contribution in [3.05, 3.63) is 53.3 Å². The van der Waals surface area contributed by atoms with E-state index in [0.29, 0.717) is 39.2 Å². The van der Waals surface area contributed by atoms with Crippen LogP contribution in [0, 0.1) is 6.92 Å². The minimum absolute atomic E-state index is 0.0133. The lowest BCUT2D eigenvalue weighted by molar-refractivity contribution is -0.114. The molecule has 0 saturated carbocycles. The third-order valence-electron chi connectivity index (χ3n) is 5.64. The molecule has 2 heterocycles. The second-order valence-corrected chi connectivity index (χ2v) is 8.09. The van der Waals surface area contributed by atoms with Crippen LogP contribution in [0.4, 0.5) is 11.4 Å². The number of ketones is 1. The summed E-state index contributed by atoms with van der Waals surface area (Å²) in [6, 6.07) is 10.2. The largest absolute Gasteiger partial charge is 0.486 e. The summed E-state index contributed by atoms with van der Waals surface area (Å²) in [6.07, 6.45) is 0.997. The molecule has 1 unspecified atom stereocenters. The van der Waals surface area contributed by atoms with Gasteiger partial charge < -0.3 is 19.8 Å². The molecule has 0 aliphatic carbocycles. The summed E-state index contributed by atoms with van der Waals surface area (Å²) in [5.41, 5.74) is 2.20. The molecule has 4 rings (SSSR count). The summed E-state index contributed by atoms with van der Waals surface area (Å²) in [5, 5.41) is 6.08. The Kier molecular flexibility index (Phi) is 5.05. The summed E-state index contributed by atoms with van der Waals surface area (Å²) in [7, 11) is 0. The lowest BCUT2D eigenvalue weighted by Gasteiger charge is -2.34. The zero-order valence-corrected chi connectivity index (χ0v) is 17.9. The number of nitrogens with one attached hydrogen (secondary N) is 2. The number of carbonyl (C=O) groups is 3. The standard InChI is InChI=1S/C24H24N2O5/c1-5-24(4)12-17(28)21-19(31-24)11-10-18-20(21)13(2)22(30-18)23(29)26-16-8-6-15(7-9-16)25-14(3)27/h6-11H,5,12H2,1-4H3,(H,25,27)(H,26,29). The van der Waals surface area contributed by atoms with Gasteiger partial charge in [0.25, 0.3) is 5.91 Å². The molecule has 2 N–H and O–H groups in total. The molecule has 1 aliphatic heterocycles. The van der Waals surface area contributed by atoms with Gasteiger partial charge >= 0.3 is 0 Å². The fourth-order valence-electron chi connectivity index (χ4n) is 3.86. The SMILES string of the molecule is CCC1(C)CC(=O)c2c(ccc3oc(C(=O)Nc4ccc(NC(C)=O)cc4)c(C)c23)O1. The van der Waals surface area contributed by atoms with Gasteiger partial charge in [-0.2, -0.15) is 0 Å². The molecule has 160 valence electrons. The van der Waals surface area contributed by atoms with Crippen molar-refractivity contribution in [3.63, 3.8) is 0 Å². The molecule has 7 heteroatoms. The predicted octanol–water partition coefficient (Wildman–Crippen LogP) is 5.09. The van der Waals surface area contributed by atoms with Crippen LogP contribution in [0.3, 0.4) is 0 Å². The van der Waals surface area contributed by atoms with Crippen molar-refractivity contribution in [1.29, 1.82) is 0 Å². The van der Waals surface area contributed by atoms with E-state index in [2.05, 4.69) is 10.6 Å². The Labute approximate surface area is 179 Å². The highest BCUT2D eigenvalue weighted by Gasteiger charge is 2.37. The van der Waals surface area contributed by atoms with E-state index in [-0.39, 0.29) is 23.9 Å². The minimum Gasteiger partial charge on any atom is -0.486 e. The summed E-state index contributed by atoms with van der Waals surface area (Å²) in [4.78, 5) is 37.0. The molecule has 1 atom stereocenters. The van der Waals surface area contributed by atoms with E-state index in [9.17, 15) is 14.4 Å². The van der Waals surface area contributed by atoms with Gasteiger partial charge in [-0.3, -0.25) is 14.4 Å². The lowest BCUT2D eigenvalue weighted by atomic mass is 9.87. The first-order valence-corrected chi connectivity index (χ1v) is 10.2. The van der Waals surface area contributed by atoms with E-state index in [0.717, 1.165) is 6.42 Å². The topological polar surface area (TPSA) is 97.6 Å². The van der Waals surface area contributed by atoms with E-state index < -0.39 is 11.5 Å². The molecule has 2 amide bonds. The number of hydrogen-bond acceptors (Lipinski definition) is 5. The van der Waals surface area contributed by atoms with Gasteiger partial charge in [-0.05, 0) is 56.7 Å². The van der Waals surface area contributed by atoms with Crippen molar-refractivity contribution in [2.45, 2.75) is 46.1 Å². The Morgan fingerprint density at radius 1 is 1.06 bits per heavy atom. The van der Waals surface area contributed by atoms with Gasteiger partial charge in [0.2, 0.25) is 5.91 Å². The minimum atomic E-state index is -0.529. The van der Waals surface area contributed by atoms with Gasteiger partial charge in [-0.15, -0.1) is 0 Å². The van der Waals surface area contributed by atoms with E-state index in [1.807, 2.05) is 13.8 Å². The van der Waals surface area contributed by atoms with Gasteiger partial charge in [0, 0.05) is 29.2 Å². The molecular formula is C24H24N2O5. The smallest absolute Gasteiger partial charge is 0.291 e. The Morgan fingerprint density at radius 3 is 2.32 bits per heavy atom. The van der Waals surface area contributed by atoms with Crippen LogP contribution in [0.5, 0.6) is 5.75 Å². The lowest BCUT2D eigenvalue weighted by Crippen LogP contribution is -2.38.